The van der Waals surface area contributed by atoms with E-state index in [1.165, 1.54) is 0 Å². The minimum absolute atomic E-state index is 0.0861. The van der Waals surface area contributed by atoms with Gasteiger partial charge in [-0.3, -0.25) is 0 Å². The predicted molar refractivity (Wildman–Crippen MR) is 90.2 cm³/mol. The molecule has 0 bridgehead atoms. The molecule has 0 aliphatic rings. The average Bonchev–Trinajstić information content (AvgIpc) is 3.14. The van der Waals surface area contributed by atoms with E-state index in [1.807, 2.05) is 4.72 Å². The van der Waals surface area contributed by atoms with Gasteiger partial charge in [-0.25, -0.2) is 13.1 Å². The summed E-state index contributed by atoms with van der Waals surface area (Å²) in [5, 5.41) is 3.55. The maximum absolute atomic E-state index is 12.8. The molecule has 0 atom stereocenters. The minimum atomic E-state index is -4.71. The van der Waals surface area contributed by atoms with Crippen molar-refractivity contribution in [1.29, 1.82) is 0 Å². The third-order valence-electron chi connectivity index (χ3n) is 3.82. The molecule has 0 aliphatic carbocycles. The molecule has 0 radical (unpaired) electrons. The van der Waals surface area contributed by atoms with Gasteiger partial charge in [-0.15, -0.1) is 0 Å². The van der Waals surface area contributed by atoms with Gasteiger partial charge in [-0.1, -0.05) is 23.4 Å². The summed E-state index contributed by atoms with van der Waals surface area (Å²) >= 11 is 0. The molecule has 2 aromatic carbocycles. The molecule has 3 aromatic rings. The highest BCUT2D eigenvalue weighted by atomic mass is 32.2. The van der Waals surface area contributed by atoms with Gasteiger partial charge < -0.3 is 4.52 Å². The van der Waals surface area contributed by atoms with Crippen molar-refractivity contribution in [3.05, 3.63) is 65.5 Å². The number of nitrogens with one attached hydrogen (secondary N) is 1. The largest absolute Gasteiger partial charge is 0.416 e. The fraction of sp³-hybridized carbons (Fsp3) is 0.176. The summed E-state index contributed by atoms with van der Waals surface area (Å²) in [7, 11) is -4.32. The van der Waals surface area contributed by atoms with Crippen LogP contribution in [0.2, 0.25) is 0 Å². The third kappa shape index (κ3) is 4.97. The lowest BCUT2D eigenvalue weighted by molar-refractivity contribution is -0.138. The molecule has 0 aliphatic heterocycles. The molecule has 13 heteroatoms. The van der Waals surface area contributed by atoms with Crippen LogP contribution in [0.4, 0.5) is 26.3 Å². The maximum Gasteiger partial charge on any atom is 0.416 e. The molecular weight excluding hydrogens is 440 g/mol. The van der Waals surface area contributed by atoms with Crippen LogP contribution in [0.25, 0.3) is 11.4 Å². The monoisotopic (exact) mass is 451 g/mol. The smallest absolute Gasteiger partial charge is 0.338 e. The van der Waals surface area contributed by atoms with Gasteiger partial charge in [0.25, 0.3) is 0 Å². The molecule has 0 fully saturated rings. The van der Waals surface area contributed by atoms with E-state index in [0.717, 1.165) is 42.5 Å². The van der Waals surface area contributed by atoms with Gasteiger partial charge in [-0.05, 0) is 30.3 Å². The van der Waals surface area contributed by atoms with Crippen LogP contribution in [0.15, 0.2) is 57.9 Å². The number of nitrogens with zero attached hydrogens (tertiary/aromatic N) is 2. The van der Waals surface area contributed by atoms with Gasteiger partial charge in [-0.2, -0.15) is 31.3 Å². The summed E-state index contributed by atoms with van der Waals surface area (Å²) in [5.41, 5.74) is -1.81. The minimum Gasteiger partial charge on any atom is -0.338 e. The first-order chi connectivity index (χ1) is 13.9. The normalized spacial score (nSPS) is 12.9. The number of rotatable bonds is 5. The van der Waals surface area contributed by atoms with Gasteiger partial charge in [0.05, 0.1) is 22.6 Å². The van der Waals surface area contributed by atoms with Crippen molar-refractivity contribution in [3.63, 3.8) is 0 Å². The highest BCUT2D eigenvalue weighted by Gasteiger charge is 2.32. The van der Waals surface area contributed by atoms with E-state index < -0.39 is 44.9 Å². The first-order valence-electron chi connectivity index (χ1n) is 8.03. The molecular formula is C17H11F6N3O3S. The Hall–Kier alpha value is -2.93. The Balaban J connectivity index is 1.72. The lowest BCUT2D eigenvalue weighted by Gasteiger charge is -2.09. The van der Waals surface area contributed by atoms with E-state index >= 15 is 0 Å². The Morgan fingerprint density at radius 3 is 2.13 bits per heavy atom. The van der Waals surface area contributed by atoms with Crippen LogP contribution >= 0.6 is 0 Å². The van der Waals surface area contributed by atoms with Gasteiger partial charge in [0.2, 0.25) is 21.7 Å². The van der Waals surface area contributed by atoms with Crippen LogP contribution in [0.1, 0.15) is 17.0 Å². The second-order valence-electron chi connectivity index (χ2n) is 5.94. The van der Waals surface area contributed by atoms with Crippen LogP contribution in [-0.2, 0) is 28.9 Å². The zero-order valence-electron chi connectivity index (χ0n) is 14.6. The molecule has 30 heavy (non-hydrogen) atoms. The summed E-state index contributed by atoms with van der Waals surface area (Å²) in [6.45, 7) is -0.536. The zero-order chi connectivity index (χ0) is 22.2. The standard InChI is InChI=1S/C17H11F6N3O3S/c18-16(19,20)11-6-4-10(5-7-11)15-25-14(29-26-15)9-24-30(27,28)13-3-1-2-12(8-13)17(21,22)23/h1-8,24H,9H2. The molecule has 1 N–H and O–H groups in total. The zero-order valence-corrected chi connectivity index (χ0v) is 15.4. The summed E-state index contributed by atoms with van der Waals surface area (Å²) < 4.78 is 107. The Morgan fingerprint density at radius 2 is 1.53 bits per heavy atom. The molecule has 160 valence electrons. The van der Waals surface area contributed by atoms with E-state index in [4.69, 9.17) is 4.52 Å². The second kappa shape index (κ2) is 7.72. The molecule has 0 amide bonds. The number of hydrogen-bond donors (Lipinski definition) is 1. The molecule has 3 rings (SSSR count). The van der Waals surface area contributed by atoms with E-state index in [1.54, 1.807) is 0 Å². The van der Waals surface area contributed by atoms with E-state index in [9.17, 15) is 34.8 Å². The van der Waals surface area contributed by atoms with Gasteiger partial charge in [0.15, 0.2) is 0 Å². The number of aromatic nitrogens is 2. The SMILES string of the molecule is O=S(=O)(NCc1nc(-c2ccc(C(F)(F)F)cc2)no1)c1cccc(C(F)(F)F)c1. The van der Waals surface area contributed by atoms with Crippen molar-refractivity contribution < 1.29 is 39.3 Å². The summed E-state index contributed by atoms with van der Waals surface area (Å²) in [6.07, 6.45) is -9.22. The summed E-state index contributed by atoms with van der Waals surface area (Å²) in [5.74, 6) is -0.322. The van der Waals surface area contributed by atoms with Gasteiger partial charge in [0.1, 0.15) is 0 Å². The quantitative estimate of drug-likeness (QED) is 0.587. The Labute approximate surface area is 165 Å². The highest BCUT2D eigenvalue weighted by Crippen LogP contribution is 2.31. The Bertz CT molecular complexity index is 1140. The fourth-order valence-corrected chi connectivity index (χ4v) is 3.35. The van der Waals surface area contributed by atoms with Crippen molar-refractivity contribution >= 4 is 10.0 Å². The molecule has 0 saturated heterocycles. The number of sulfonamides is 1. The Kier molecular flexibility index (Phi) is 5.60. The maximum atomic E-state index is 12.8. The molecule has 1 aromatic heterocycles. The number of alkyl halides is 6. The first kappa shape index (κ1) is 21.8. The summed E-state index contributed by atoms with van der Waals surface area (Å²) in [6, 6.07) is 7.01. The van der Waals surface area contributed by atoms with Crippen molar-refractivity contribution in [2.24, 2.45) is 0 Å². The number of halogens is 6. The highest BCUT2D eigenvalue weighted by molar-refractivity contribution is 7.89. The molecule has 0 saturated carbocycles. The number of hydrogen-bond acceptors (Lipinski definition) is 5. The lowest BCUT2D eigenvalue weighted by atomic mass is 10.1. The van der Waals surface area contributed by atoms with Gasteiger partial charge >= 0.3 is 12.4 Å². The average molecular weight is 451 g/mol. The van der Waals surface area contributed by atoms with Gasteiger partial charge in [0, 0.05) is 5.56 Å². The molecule has 0 spiro atoms. The van der Waals surface area contributed by atoms with Crippen LogP contribution < -0.4 is 4.72 Å². The second-order valence-corrected chi connectivity index (χ2v) is 7.70. The number of benzene rings is 2. The summed E-state index contributed by atoms with van der Waals surface area (Å²) in [4.78, 5) is 3.25. The van der Waals surface area contributed by atoms with Crippen LogP contribution in [0, 0.1) is 0 Å². The fourth-order valence-electron chi connectivity index (χ4n) is 2.33. The molecule has 6 nitrogen and oxygen atoms in total. The predicted octanol–water partition coefficient (Wildman–Crippen LogP) is 4.25. The third-order valence-corrected chi connectivity index (χ3v) is 5.22. The van der Waals surface area contributed by atoms with Crippen LogP contribution in [0.5, 0.6) is 0 Å². The molecule has 1 heterocycles. The van der Waals surface area contributed by atoms with Crippen molar-refractivity contribution in [2.75, 3.05) is 0 Å². The van der Waals surface area contributed by atoms with Crippen LogP contribution in [-0.4, -0.2) is 18.6 Å². The Morgan fingerprint density at radius 1 is 0.900 bits per heavy atom. The topological polar surface area (TPSA) is 85.1 Å². The van der Waals surface area contributed by atoms with E-state index in [-0.39, 0.29) is 17.3 Å². The molecule has 0 unspecified atom stereocenters. The van der Waals surface area contributed by atoms with E-state index in [0.29, 0.717) is 6.07 Å². The van der Waals surface area contributed by atoms with E-state index in [2.05, 4.69) is 10.1 Å². The van der Waals surface area contributed by atoms with Crippen molar-refractivity contribution in [3.8, 4) is 11.4 Å². The van der Waals surface area contributed by atoms with Crippen molar-refractivity contribution in [2.45, 2.75) is 23.8 Å². The van der Waals surface area contributed by atoms with Crippen molar-refractivity contribution in [1.82, 2.24) is 14.9 Å². The van der Waals surface area contributed by atoms with Crippen LogP contribution in [0.3, 0.4) is 0 Å². The lowest BCUT2D eigenvalue weighted by Crippen LogP contribution is -2.23. The first-order valence-corrected chi connectivity index (χ1v) is 9.52.